The Hall–Kier alpha value is -3.17. The molecule has 0 spiro atoms. The molecule has 152 valence electrons. The van der Waals surface area contributed by atoms with Crippen molar-refractivity contribution in [3.63, 3.8) is 0 Å². The van der Waals surface area contributed by atoms with Crippen LogP contribution in [0.4, 0.5) is 19.1 Å². The molecule has 4 heterocycles. The number of anilines is 1. The van der Waals surface area contributed by atoms with E-state index in [0.717, 1.165) is 10.9 Å². The van der Waals surface area contributed by atoms with Gasteiger partial charge in [0.05, 0.1) is 18.8 Å². The molecule has 4 aromatic rings. The standard InChI is InChI=1S/C19H20F3N7/c1-10-26-14-5-4-13(27-17(14)29(10)8-15(20)21)11-6-23-16-12(11)7-24-18(28-16)25-9-19(2,3)22/h4-7,15H,8-9H2,1-3H3,(H2,23,24,25,28). The van der Waals surface area contributed by atoms with Gasteiger partial charge < -0.3 is 14.9 Å². The number of nitrogens with one attached hydrogen (secondary N) is 2. The molecule has 0 bridgehead atoms. The lowest BCUT2D eigenvalue weighted by Crippen LogP contribution is -2.25. The third-order valence-electron chi connectivity index (χ3n) is 4.48. The summed E-state index contributed by atoms with van der Waals surface area (Å²) in [6.45, 7) is 4.23. The van der Waals surface area contributed by atoms with E-state index in [4.69, 9.17) is 0 Å². The van der Waals surface area contributed by atoms with Crippen LogP contribution in [0.3, 0.4) is 0 Å². The van der Waals surface area contributed by atoms with Crippen molar-refractivity contribution in [3.05, 3.63) is 30.4 Å². The summed E-state index contributed by atoms with van der Waals surface area (Å²) in [6.07, 6.45) is 0.852. The third-order valence-corrected chi connectivity index (χ3v) is 4.48. The predicted octanol–water partition coefficient (Wildman–Crippen LogP) is 4.10. The maximum absolute atomic E-state index is 13.7. The highest BCUT2D eigenvalue weighted by Crippen LogP contribution is 2.28. The van der Waals surface area contributed by atoms with E-state index in [1.165, 1.54) is 18.4 Å². The second-order valence-corrected chi connectivity index (χ2v) is 7.43. The van der Waals surface area contributed by atoms with E-state index in [1.54, 1.807) is 31.5 Å². The normalized spacial score (nSPS) is 12.4. The van der Waals surface area contributed by atoms with Crippen molar-refractivity contribution in [2.24, 2.45) is 0 Å². The summed E-state index contributed by atoms with van der Waals surface area (Å²) >= 11 is 0. The number of halogens is 3. The number of imidazole rings is 1. The fourth-order valence-corrected chi connectivity index (χ4v) is 3.12. The molecule has 4 rings (SSSR count). The van der Waals surface area contributed by atoms with Crippen molar-refractivity contribution in [1.82, 2.24) is 29.5 Å². The van der Waals surface area contributed by atoms with Gasteiger partial charge in [-0.1, -0.05) is 0 Å². The van der Waals surface area contributed by atoms with Crippen LogP contribution >= 0.6 is 0 Å². The lowest BCUT2D eigenvalue weighted by atomic mass is 10.1. The Kier molecular flexibility index (Phi) is 4.64. The van der Waals surface area contributed by atoms with Crippen LogP contribution in [0.15, 0.2) is 24.5 Å². The molecule has 2 N–H and O–H groups in total. The zero-order chi connectivity index (χ0) is 20.8. The first kappa shape index (κ1) is 19.2. The highest BCUT2D eigenvalue weighted by Gasteiger charge is 2.18. The molecule has 0 aromatic carbocycles. The number of rotatable bonds is 6. The summed E-state index contributed by atoms with van der Waals surface area (Å²) in [5, 5.41) is 3.58. The molecule has 7 nitrogen and oxygen atoms in total. The number of nitrogens with zero attached hydrogens (tertiary/aromatic N) is 5. The Morgan fingerprint density at radius 3 is 2.72 bits per heavy atom. The van der Waals surface area contributed by atoms with E-state index in [-0.39, 0.29) is 6.54 Å². The number of hydrogen-bond acceptors (Lipinski definition) is 5. The number of alkyl halides is 3. The molecule has 0 atom stereocenters. The number of aromatic amines is 1. The van der Waals surface area contributed by atoms with Crippen LogP contribution in [0.1, 0.15) is 19.7 Å². The predicted molar refractivity (Wildman–Crippen MR) is 105 cm³/mol. The van der Waals surface area contributed by atoms with Crippen molar-refractivity contribution >= 4 is 28.1 Å². The lowest BCUT2D eigenvalue weighted by Gasteiger charge is -2.14. The SMILES string of the molecule is Cc1nc2ccc(-c3c[nH]c4nc(NCC(C)(C)F)ncc34)nc2n1CC(F)F. The quantitative estimate of drug-likeness (QED) is 0.506. The highest BCUT2D eigenvalue weighted by atomic mass is 19.3. The maximum Gasteiger partial charge on any atom is 0.256 e. The minimum absolute atomic E-state index is 0.0811. The van der Waals surface area contributed by atoms with Crippen LogP contribution in [-0.2, 0) is 6.54 Å². The van der Waals surface area contributed by atoms with Crippen LogP contribution < -0.4 is 5.32 Å². The topological polar surface area (TPSA) is 84.3 Å². The fraction of sp³-hybridized carbons (Fsp3) is 0.368. The second-order valence-electron chi connectivity index (χ2n) is 7.43. The zero-order valence-electron chi connectivity index (χ0n) is 16.2. The number of aryl methyl sites for hydroxylation is 1. The van der Waals surface area contributed by atoms with Crippen LogP contribution in [0, 0.1) is 6.92 Å². The zero-order valence-corrected chi connectivity index (χ0v) is 16.2. The number of pyridine rings is 1. The number of aromatic nitrogens is 6. The van der Waals surface area contributed by atoms with Gasteiger partial charge >= 0.3 is 0 Å². The van der Waals surface area contributed by atoms with Gasteiger partial charge in [0.2, 0.25) is 5.95 Å². The van der Waals surface area contributed by atoms with Gasteiger partial charge in [-0.05, 0) is 32.9 Å². The molecule has 0 aliphatic heterocycles. The summed E-state index contributed by atoms with van der Waals surface area (Å²) in [5.74, 6) is 0.796. The van der Waals surface area contributed by atoms with Crippen LogP contribution in [-0.4, -0.2) is 48.1 Å². The van der Waals surface area contributed by atoms with Crippen LogP contribution in [0.25, 0.3) is 33.5 Å². The first-order valence-corrected chi connectivity index (χ1v) is 9.10. The third kappa shape index (κ3) is 3.87. The van der Waals surface area contributed by atoms with Crippen molar-refractivity contribution < 1.29 is 13.2 Å². The van der Waals surface area contributed by atoms with E-state index in [0.29, 0.717) is 34.3 Å². The molecule has 0 aliphatic carbocycles. The largest absolute Gasteiger partial charge is 0.351 e. The first-order chi connectivity index (χ1) is 13.7. The number of hydrogen-bond donors (Lipinski definition) is 2. The summed E-state index contributed by atoms with van der Waals surface area (Å²) in [4.78, 5) is 20.5. The molecule has 0 saturated heterocycles. The highest BCUT2D eigenvalue weighted by molar-refractivity contribution is 5.93. The number of fused-ring (bicyclic) bond motifs is 2. The molecule has 29 heavy (non-hydrogen) atoms. The summed E-state index contributed by atoms with van der Waals surface area (Å²) in [5.41, 5.74) is 1.46. The van der Waals surface area contributed by atoms with Gasteiger partial charge in [0, 0.05) is 23.3 Å². The molecule has 0 saturated carbocycles. The van der Waals surface area contributed by atoms with Crippen LogP contribution in [0.2, 0.25) is 0 Å². The van der Waals surface area contributed by atoms with Crippen molar-refractivity contribution in [2.75, 3.05) is 11.9 Å². The Morgan fingerprint density at radius 1 is 1.21 bits per heavy atom. The van der Waals surface area contributed by atoms with Crippen molar-refractivity contribution in [2.45, 2.75) is 39.4 Å². The monoisotopic (exact) mass is 403 g/mol. The molecule has 0 fully saturated rings. The van der Waals surface area contributed by atoms with E-state index < -0.39 is 18.6 Å². The summed E-state index contributed by atoms with van der Waals surface area (Å²) < 4.78 is 40.9. The van der Waals surface area contributed by atoms with E-state index in [1.807, 2.05) is 0 Å². The van der Waals surface area contributed by atoms with Crippen LogP contribution in [0.5, 0.6) is 0 Å². The van der Waals surface area contributed by atoms with E-state index in [2.05, 4.69) is 30.2 Å². The maximum atomic E-state index is 13.7. The Bertz CT molecular complexity index is 1170. The van der Waals surface area contributed by atoms with Gasteiger partial charge in [-0.25, -0.2) is 28.1 Å². The fourth-order valence-electron chi connectivity index (χ4n) is 3.12. The van der Waals surface area contributed by atoms with E-state index >= 15 is 0 Å². The van der Waals surface area contributed by atoms with Gasteiger partial charge in [-0.15, -0.1) is 0 Å². The molecule has 10 heteroatoms. The van der Waals surface area contributed by atoms with Crippen molar-refractivity contribution in [1.29, 1.82) is 0 Å². The summed E-state index contributed by atoms with van der Waals surface area (Å²) in [7, 11) is 0. The minimum Gasteiger partial charge on any atom is -0.351 e. The van der Waals surface area contributed by atoms with Gasteiger partial charge in [0.25, 0.3) is 6.43 Å². The Balaban J connectivity index is 1.71. The average Bonchev–Trinajstić information content (AvgIpc) is 3.19. The molecule has 0 radical (unpaired) electrons. The van der Waals surface area contributed by atoms with E-state index in [9.17, 15) is 13.2 Å². The summed E-state index contributed by atoms with van der Waals surface area (Å²) in [6, 6.07) is 3.54. The molecular weight excluding hydrogens is 383 g/mol. The number of H-pyrrole nitrogens is 1. The second kappa shape index (κ2) is 7.02. The first-order valence-electron chi connectivity index (χ1n) is 9.10. The average molecular weight is 403 g/mol. The van der Waals surface area contributed by atoms with Gasteiger partial charge in [-0.3, -0.25) is 0 Å². The van der Waals surface area contributed by atoms with Crippen molar-refractivity contribution in [3.8, 4) is 11.3 Å². The Morgan fingerprint density at radius 2 is 2.00 bits per heavy atom. The molecule has 0 amide bonds. The van der Waals surface area contributed by atoms with Gasteiger partial charge in [-0.2, -0.15) is 4.98 Å². The molecular formula is C19H20F3N7. The van der Waals surface area contributed by atoms with Gasteiger partial charge in [0.15, 0.2) is 5.65 Å². The molecule has 0 aliphatic rings. The minimum atomic E-state index is -2.50. The molecule has 0 unspecified atom stereocenters. The molecule has 4 aromatic heterocycles. The smallest absolute Gasteiger partial charge is 0.256 e. The lowest BCUT2D eigenvalue weighted by molar-refractivity contribution is 0.127. The van der Waals surface area contributed by atoms with Gasteiger partial charge in [0.1, 0.15) is 22.7 Å². The Labute approximate surface area is 164 Å².